The number of carbonyl (C=O) groups excluding carboxylic acids is 1. The highest BCUT2D eigenvalue weighted by Gasteiger charge is 2.13. The molecule has 0 radical (unpaired) electrons. The van der Waals surface area contributed by atoms with Crippen LogP contribution in [0.2, 0.25) is 0 Å². The van der Waals surface area contributed by atoms with E-state index < -0.39 is 6.09 Å². The molecule has 3 nitrogen and oxygen atoms in total. The molecule has 1 amide bonds. The van der Waals surface area contributed by atoms with Gasteiger partial charge < -0.3 is 10.1 Å². The number of halogens is 1. The lowest BCUT2D eigenvalue weighted by Gasteiger charge is -2.14. The summed E-state index contributed by atoms with van der Waals surface area (Å²) in [5.74, 6) is 0. The first-order valence-corrected chi connectivity index (χ1v) is 7.68. The molecule has 0 bridgehead atoms. The standard InChI is InChI=1S/C17H20ClNO2/c1-2-3-11-21-17(20)19-12-16(18)15-10-6-8-13-7-4-5-9-14(13)15/h4-10,16H,2-3,11-12H2,1H3,(H,19,20). The molecular weight excluding hydrogens is 286 g/mol. The van der Waals surface area contributed by atoms with Crippen LogP contribution in [-0.2, 0) is 4.74 Å². The fourth-order valence-electron chi connectivity index (χ4n) is 2.17. The third-order valence-corrected chi connectivity index (χ3v) is 3.71. The molecule has 0 aliphatic carbocycles. The third-order valence-electron chi connectivity index (χ3n) is 3.32. The molecular formula is C17H20ClNO2. The van der Waals surface area contributed by atoms with Gasteiger partial charge in [-0.2, -0.15) is 0 Å². The highest BCUT2D eigenvalue weighted by molar-refractivity contribution is 6.22. The van der Waals surface area contributed by atoms with Gasteiger partial charge in [0.05, 0.1) is 12.0 Å². The first kappa shape index (κ1) is 15.6. The number of benzene rings is 2. The Morgan fingerprint density at radius 1 is 1.24 bits per heavy atom. The molecule has 0 fully saturated rings. The molecule has 2 aromatic carbocycles. The molecule has 0 saturated heterocycles. The molecule has 0 aromatic heterocycles. The van der Waals surface area contributed by atoms with Crippen molar-refractivity contribution in [1.29, 1.82) is 0 Å². The number of carbonyl (C=O) groups is 1. The number of alkyl halides is 1. The smallest absolute Gasteiger partial charge is 0.407 e. The SMILES string of the molecule is CCCCOC(=O)NCC(Cl)c1cccc2ccccc12. The summed E-state index contributed by atoms with van der Waals surface area (Å²) in [4.78, 5) is 11.5. The van der Waals surface area contributed by atoms with Gasteiger partial charge in [0.25, 0.3) is 0 Å². The lowest BCUT2D eigenvalue weighted by Crippen LogP contribution is -2.27. The van der Waals surface area contributed by atoms with Crippen molar-refractivity contribution in [3.8, 4) is 0 Å². The highest BCUT2D eigenvalue weighted by Crippen LogP contribution is 2.27. The number of fused-ring (bicyclic) bond motifs is 1. The number of unbranched alkanes of at least 4 members (excludes halogenated alkanes) is 1. The molecule has 0 saturated carbocycles. The van der Waals surface area contributed by atoms with Crippen LogP contribution in [0, 0.1) is 0 Å². The average molecular weight is 306 g/mol. The van der Waals surface area contributed by atoms with Gasteiger partial charge >= 0.3 is 6.09 Å². The van der Waals surface area contributed by atoms with Crippen LogP contribution < -0.4 is 5.32 Å². The van der Waals surface area contributed by atoms with Crippen LogP contribution in [0.15, 0.2) is 42.5 Å². The van der Waals surface area contributed by atoms with Crippen LogP contribution in [0.1, 0.15) is 30.7 Å². The van der Waals surface area contributed by atoms with Crippen molar-refractivity contribution in [2.24, 2.45) is 0 Å². The van der Waals surface area contributed by atoms with Gasteiger partial charge in [-0.25, -0.2) is 4.79 Å². The Balaban J connectivity index is 1.96. The van der Waals surface area contributed by atoms with Gasteiger partial charge in [0, 0.05) is 6.54 Å². The van der Waals surface area contributed by atoms with Gasteiger partial charge in [0.2, 0.25) is 0 Å². The number of nitrogens with one attached hydrogen (secondary N) is 1. The zero-order chi connectivity index (χ0) is 15.1. The van der Waals surface area contributed by atoms with E-state index in [1.165, 1.54) is 0 Å². The van der Waals surface area contributed by atoms with Crippen LogP contribution in [0.25, 0.3) is 10.8 Å². The second kappa shape index (κ2) is 7.89. The average Bonchev–Trinajstić information content (AvgIpc) is 2.52. The third kappa shape index (κ3) is 4.36. The lowest BCUT2D eigenvalue weighted by atomic mass is 10.0. The minimum Gasteiger partial charge on any atom is -0.450 e. The number of hydrogen-bond acceptors (Lipinski definition) is 2. The van der Waals surface area contributed by atoms with E-state index in [2.05, 4.69) is 24.4 Å². The molecule has 112 valence electrons. The molecule has 2 aromatic rings. The van der Waals surface area contributed by atoms with E-state index in [1.54, 1.807) is 0 Å². The largest absolute Gasteiger partial charge is 0.450 e. The van der Waals surface area contributed by atoms with Gasteiger partial charge in [-0.1, -0.05) is 55.8 Å². The molecule has 21 heavy (non-hydrogen) atoms. The Bertz CT molecular complexity index is 595. The molecule has 0 aliphatic heterocycles. The summed E-state index contributed by atoms with van der Waals surface area (Å²) in [6, 6.07) is 14.1. The normalized spacial score (nSPS) is 12.1. The van der Waals surface area contributed by atoms with E-state index >= 15 is 0 Å². The maximum atomic E-state index is 11.5. The van der Waals surface area contributed by atoms with Crippen LogP contribution in [0.3, 0.4) is 0 Å². The Kier molecular flexibility index (Phi) is 5.88. The molecule has 2 rings (SSSR count). The number of alkyl carbamates (subject to hydrolysis) is 1. The van der Waals surface area contributed by atoms with Gasteiger partial charge in [-0.15, -0.1) is 11.6 Å². The van der Waals surface area contributed by atoms with Crippen LogP contribution in [0.5, 0.6) is 0 Å². The summed E-state index contributed by atoms with van der Waals surface area (Å²) in [6.45, 7) is 2.85. The first-order chi connectivity index (χ1) is 10.2. The van der Waals surface area contributed by atoms with E-state index in [0.29, 0.717) is 13.2 Å². The van der Waals surface area contributed by atoms with Crippen LogP contribution in [0.4, 0.5) is 4.79 Å². The highest BCUT2D eigenvalue weighted by atomic mass is 35.5. The number of rotatable bonds is 6. The number of ether oxygens (including phenoxy) is 1. The van der Waals surface area contributed by atoms with Crippen molar-refractivity contribution in [3.63, 3.8) is 0 Å². The van der Waals surface area contributed by atoms with Crippen molar-refractivity contribution < 1.29 is 9.53 Å². The Hall–Kier alpha value is -1.74. The fraction of sp³-hybridized carbons (Fsp3) is 0.353. The summed E-state index contributed by atoms with van der Waals surface area (Å²) in [7, 11) is 0. The zero-order valence-corrected chi connectivity index (χ0v) is 12.9. The molecule has 1 unspecified atom stereocenters. The van der Waals surface area contributed by atoms with Gasteiger partial charge in [-0.3, -0.25) is 0 Å². The van der Waals surface area contributed by atoms with Gasteiger partial charge in [0.15, 0.2) is 0 Å². The first-order valence-electron chi connectivity index (χ1n) is 7.24. The minimum atomic E-state index is -0.408. The molecule has 0 aliphatic rings. The predicted octanol–water partition coefficient (Wildman–Crippen LogP) is 4.65. The Morgan fingerprint density at radius 3 is 2.81 bits per heavy atom. The summed E-state index contributed by atoms with van der Waals surface area (Å²) in [6.07, 6.45) is 1.47. The topological polar surface area (TPSA) is 38.3 Å². The van der Waals surface area contributed by atoms with Crippen LogP contribution >= 0.6 is 11.6 Å². The second-order valence-corrected chi connectivity index (χ2v) is 5.43. The van der Waals surface area contributed by atoms with Crippen molar-refractivity contribution in [3.05, 3.63) is 48.0 Å². The van der Waals surface area contributed by atoms with Crippen molar-refractivity contribution in [2.45, 2.75) is 25.1 Å². The summed E-state index contributed by atoms with van der Waals surface area (Å²) in [5, 5.41) is 4.69. The van der Waals surface area contributed by atoms with E-state index in [4.69, 9.17) is 16.3 Å². The molecule has 4 heteroatoms. The van der Waals surface area contributed by atoms with Gasteiger partial charge in [-0.05, 0) is 22.8 Å². The fourth-order valence-corrected chi connectivity index (χ4v) is 2.43. The second-order valence-electron chi connectivity index (χ2n) is 4.91. The summed E-state index contributed by atoms with van der Waals surface area (Å²) in [5.41, 5.74) is 1.02. The van der Waals surface area contributed by atoms with Crippen molar-refractivity contribution in [2.75, 3.05) is 13.2 Å². The number of hydrogen-bond donors (Lipinski definition) is 1. The lowest BCUT2D eigenvalue weighted by molar-refractivity contribution is 0.144. The molecule has 0 heterocycles. The maximum Gasteiger partial charge on any atom is 0.407 e. The minimum absolute atomic E-state index is 0.283. The monoisotopic (exact) mass is 305 g/mol. The van der Waals surface area contributed by atoms with Gasteiger partial charge in [0.1, 0.15) is 0 Å². The van der Waals surface area contributed by atoms with Crippen molar-refractivity contribution >= 4 is 28.5 Å². The Morgan fingerprint density at radius 2 is 2.00 bits per heavy atom. The Labute approximate surface area is 130 Å². The molecule has 1 N–H and O–H groups in total. The van der Waals surface area contributed by atoms with E-state index in [0.717, 1.165) is 29.2 Å². The van der Waals surface area contributed by atoms with Crippen molar-refractivity contribution in [1.82, 2.24) is 5.32 Å². The quantitative estimate of drug-likeness (QED) is 0.623. The van der Waals surface area contributed by atoms with E-state index in [1.807, 2.05) is 30.3 Å². The van der Waals surface area contributed by atoms with E-state index in [9.17, 15) is 4.79 Å². The summed E-state index contributed by atoms with van der Waals surface area (Å²) >= 11 is 6.42. The van der Waals surface area contributed by atoms with E-state index in [-0.39, 0.29) is 5.38 Å². The zero-order valence-electron chi connectivity index (χ0n) is 12.1. The number of amides is 1. The van der Waals surface area contributed by atoms with Crippen LogP contribution in [-0.4, -0.2) is 19.2 Å². The predicted molar refractivity (Wildman–Crippen MR) is 86.8 cm³/mol. The molecule has 1 atom stereocenters. The molecule has 0 spiro atoms. The maximum absolute atomic E-state index is 11.5. The summed E-state index contributed by atoms with van der Waals surface area (Å²) < 4.78 is 5.05.